The predicted octanol–water partition coefficient (Wildman–Crippen LogP) is 4.96. The maximum Gasteiger partial charge on any atom is 0.271 e. The maximum atomic E-state index is 13.8. The summed E-state index contributed by atoms with van der Waals surface area (Å²) in [4.78, 5) is 29.4. The van der Waals surface area contributed by atoms with Crippen molar-refractivity contribution < 1.29 is 14.0 Å². The van der Waals surface area contributed by atoms with Crippen LogP contribution in [0.4, 0.5) is 0 Å². The summed E-state index contributed by atoms with van der Waals surface area (Å²) in [7, 11) is 0. The zero-order chi connectivity index (χ0) is 23.7. The summed E-state index contributed by atoms with van der Waals surface area (Å²) in [6, 6.07) is 15.9. The molecule has 1 N–H and O–H groups in total. The van der Waals surface area contributed by atoms with Crippen molar-refractivity contribution in [3.8, 4) is 11.5 Å². The number of rotatable bonds is 6. The molecule has 3 aromatic rings. The first-order valence-corrected chi connectivity index (χ1v) is 12.4. The van der Waals surface area contributed by atoms with Gasteiger partial charge >= 0.3 is 0 Å². The topological polar surface area (TPSA) is 67.5 Å². The van der Waals surface area contributed by atoms with E-state index in [0.29, 0.717) is 31.0 Å². The van der Waals surface area contributed by atoms with Crippen LogP contribution in [-0.2, 0) is 17.8 Å². The Morgan fingerprint density at radius 3 is 2.56 bits per heavy atom. The fraction of sp³-hybridized carbons (Fsp3) is 0.429. The SMILES string of the molecule is Cc1ccccc1CCN1C(=O)c2ccc(-c3ccco3)n2C[C@]1(C)C(=O)NC1CCCCC1. The molecule has 0 bridgehead atoms. The van der Waals surface area contributed by atoms with Gasteiger partial charge in [0.1, 0.15) is 17.0 Å². The summed E-state index contributed by atoms with van der Waals surface area (Å²) in [5.74, 6) is 0.517. The molecule has 2 aliphatic rings. The molecule has 2 aromatic heterocycles. The number of fused-ring (bicyclic) bond motifs is 1. The predicted molar refractivity (Wildman–Crippen MR) is 131 cm³/mol. The Balaban J connectivity index is 1.48. The van der Waals surface area contributed by atoms with Crippen molar-refractivity contribution in [3.63, 3.8) is 0 Å². The van der Waals surface area contributed by atoms with Crippen molar-refractivity contribution in [2.45, 2.75) is 70.5 Å². The third kappa shape index (κ3) is 4.06. The summed E-state index contributed by atoms with van der Waals surface area (Å²) in [5, 5.41) is 3.30. The van der Waals surface area contributed by atoms with Crippen LogP contribution in [0.15, 0.2) is 59.2 Å². The first-order chi connectivity index (χ1) is 16.5. The number of hydrogen-bond acceptors (Lipinski definition) is 3. The van der Waals surface area contributed by atoms with E-state index in [-0.39, 0.29) is 17.9 Å². The van der Waals surface area contributed by atoms with Gasteiger partial charge in [-0.1, -0.05) is 43.5 Å². The molecule has 0 spiro atoms. The molecule has 6 nitrogen and oxygen atoms in total. The van der Waals surface area contributed by atoms with Crippen LogP contribution < -0.4 is 5.32 Å². The highest BCUT2D eigenvalue weighted by molar-refractivity contribution is 6.00. The summed E-state index contributed by atoms with van der Waals surface area (Å²) in [6.07, 6.45) is 7.85. The fourth-order valence-corrected chi connectivity index (χ4v) is 5.47. The quantitative estimate of drug-likeness (QED) is 0.566. The number of carbonyl (C=O) groups excluding carboxylic acids is 2. The van der Waals surface area contributed by atoms with E-state index in [1.807, 2.05) is 47.9 Å². The van der Waals surface area contributed by atoms with Gasteiger partial charge in [-0.15, -0.1) is 0 Å². The lowest BCUT2D eigenvalue weighted by molar-refractivity contribution is -0.133. The van der Waals surface area contributed by atoms with E-state index < -0.39 is 5.54 Å². The number of hydrogen-bond donors (Lipinski definition) is 1. The van der Waals surface area contributed by atoms with Gasteiger partial charge in [-0.2, -0.15) is 0 Å². The van der Waals surface area contributed by atoms with Crippen LogP contribution in [-0.4, -0.2) is 39.4 Å². The second kappa shape index (κ2) is 9.16. The largest absolute Gasteiger partial charge is 0.463 e. The monoisotopic (exact) mass is 459 g/mol. The van der Waals surface area contributed by atoms with Crippen LogP contribution in [0.25, 0.3) is 11.5 Å². The number of aromatic nitrogens is 1. The third-order valence-corrected chi connectivity index (χ3v) is 7.58. The average Bonchev–Trinajstić information content (AvgIpc) is 3.50. The van der Waals surface area contributed by atoms with E-state index >= 15 is 0 Å². The fourth-order valence-electron chi connectivity index (χ4n) is 5.47. The Kier molecular flexibility index (Phi) is 6.07. The molecule has 6 heteroatoms. The van der Waals surface area contributed by atoms with Gasteiger partial charge in [0, 0.05) is 12.6 Å². The normalized spacial score (nSPS) is 20.9. The number of amides is 2. The van der Waals surface area contributed by atoms with Crippen molar-refractivity contribution in [1.82, 2.24) is 14.8 Å². The van der Waals surface area contributed by atoms with Gasteiger partial charge in [-0.3, -0.25) is 9.59 Å². The second-order valence-corrected chi connectivity index (χ2v) is 9.88. The number of nitrogens with zero attached hydrogens (tertiary/aromatic N) is 2. The summed E-state index contributed by atoms with van der Waals surface area (Å²) in [5.41, 5.74) is 2.82. The van der Waals surface area contributed by atoms with Crippen molar-refractivity contribution in [2.75, 3.05) is 6.54 Å². The van der Waals surface area contributed by atoms with Gasteiger partial charge in [-0.05, 0) is 68.5 Å². The minimum absolute atomic E-state index is 0.0673. The van der Waals surface area contributed by atoms with Crippen LogP contribution in [0.5, 0.6) is 0 Å². The highest BCUT2D eigenvalue weighted by Crippen LogP contribution is 2.34. The lowest BCUT2D eigenvalue weighted by Gasteiger charge is -2.45. The highest BCUT2D eigenvalue weighted by Gasteiger charge is 2.48. The first kappa shape index (κ1) is 22.5. The van der Waals surface area contributed by atoms with Crippen LogP contribution in [0.1, 0.15) is 60.6 Å². The van der Waals surface area contributed by atoms with E-state index in [1.54, 1.807) is 11.2 Å². The van der Waals surface area contributed by atoms with Crippen molar-refractivity contribution in [2.24, 2.45) is 0 Å². The molecule has 0 saturated heterocycles. The van der Waals surface area contributed by atoms with Gasteiger partial charge in [0.15, 0.2) is 0 Å². The highest BCUT2D eigenvalue weighted by atomic mass is 16.3. The van der Waals surface area contributed by atoms with Gasteiger partial charge in [0.25, 0.3) is 5.91 Å². The van der Waals surface area contributed by atoms with E-state index in [4.69, 9.17) is 4.42 Å². The number of nitrogens with one attached hydrogen (secondary N) is 1. The molecule has 3 heterocycles. The molecule has 34 heavy (non-hydrogen) atoms. The molecule has 178 valence electrons. The number of furan rings is 1. The summed E-state index contributed by atoms with van der Waals surface area (Å²) in [6.45, 7) is 4.88. The molecular weight excluding hydrogens is 426 g/mol. The molecule has 0 unspecified atom stereocenters. The number of benzene rings is 1. The third-order valence-electron chi connectivity index (χ3n) is 7.58. The van der Waals surface area contributed by atoms with Gasteiger partial charge in [-0.25, -0.2) is 0 Å². The molecule has 2 amide bonds. The number of aryl methyl sites for hydroxylation is 1. The summed E-state index contributed by atoms with van der Waals surface area (Å²) < 4.78 is 7.58. The molecular formula is C28H33N3O3. The first-order valence-electron chi connectivity index (χ1n) is 12.4. The standard InChI is InChI=1S/C28H33N3O3/c1-20-9-6-7-10-21(20)16-17-31-26(32)24-15-14-23(25-13-8-18-34-25)30(24)19-28(31,2)27(33)29-22-11-4-3-5-12-22/h6-10,13-15,18,22H,3-5,11-12,16-17,19H2,1-2H3,(H,29,33)/t28-/m1/s1. The zero-order valence-corrected chi connectivity index (χ0v) is 20.0. The van der Waals surface area contributed by atoms with Crippen molar-refractivity contribution in [3.05, 3.63) is 71.6 Å². The minimum Gasteiger partial charge on any atom is -0.463 e. The van der Waals surface area contributed by atoms with Crippen LogP contribution in [0, 0.1) is 6.92 Å². The molecule has 1 aliphatic carbocycles. The molecule has 1 saturated carbocycles. The van der Waals surface area contributed by atoms with Crippen molar-refractivity contribution >= 4 is 11.8 Å². The Hall–Kier alpha value is -3.28. The molecule has 1 aliphatic heterocycles. The summed E-state index contributed by atoms with van der Waals surface area (Å²) >= 11 is 0. The molecule has 1 atom stereocenters. The lowest BCUT2D eigenvalue weighted by Crippen LogP contribution is -2.65. The van der Waals surface area contributed by atoms with E-state index in [1.165, 1.54) is 17.5 Å². The van der Waals surface area contributed by atoms with Crippen molar-refractivity contribution in [1.29, 1.82) is 0 Å². The Morgan fingerprint density at radius 2 is 1.82 bits per heavy atom. The maximum absolute atomic E-state index is 13.8. The van der Waals surface area contributed by atoms with E-state index in [2.05, 4.69) is 24.4 Å². The average molecular weight is 460 g/mol. The van der Waals surface area contributed by atoms with Crippen LogP contribution in [0.3, 0.4) is 0 Å². The Labute approximate surface area is 200 Å². The van der Waals surface area contributed by atoms with Gasteiger partial charge in [0.05, 0.1) is 18.5 Å². The molecule has 1 aromatic carbocycles. The number of carbonyl (C=O) groups is 2. The lowest BCUT2D eigenvalue weighted by atomic mass is 9.91. The second-order valence-electron chi connectivity index (χ2n) is 9.88. The molecule has 0 radical (unpaired) electrons. The smallest absolute Gasteiger partial charge is 0.271 e. The van der Waals surface area contributed by atoms with Crippen LogP contribution in [0.2, 0.25) is 0 Å². The Bertz CT molecular complexity index is 1170. The van der Waals surface area contributed by atoms with E-state index in [9.17, 15) is 9.59 Å². The zero-order valence-electron chi connectivity index (χ0n) is 20.0. The van der Waals surface area contributed by atoms with E-state index in [0.717, 1.165) is 31.4 Å². The van der Waals surface area contributed by atoms with Gasteiger partial charge in [0.2, 0.25) is 5.91 Å². The molecule has 5 rings (SSSR count). The van der Waals surface area contributed by atoms with Gasteiger partial charge < -0.3 is 19.2 Å². The minimum atomic E-state index is -0.995. The van der Waals surface area contributed by atoms with Crippen LogP contribution >= 0.6 is 0 Å². The Morgan fingerprint density at radius 1 is 1.06 bits per heavy atom. The molecule has 1 fully saturated rings.